The molecule has 0 aromatic carbocycles. The second-order valence-corrected chi connectivity index (χ2v) is 7.05. The summed E-state index contributed by atoms with van der Waals surface area (Å²) < 4.78 is 2.35. The SMILES string of the molecule is CC(C)CC(CCl)NC(=O)c1cc2sccc2s1. The minimum atomic E-state index is -0.00491. The number of thiophene rings is 2. The van der Waals surface area contributed by atoms with Crippen LogP contribution < -0.4 is 5.32 Å². The fourth-order valence-corrected chi connectivity index (χ4v) is 4.08. The van der Waals surface area contributed by atoms with Crippen molar-refractivity contribution in [1.29, 1.82) is 0 Å². The van der Waals surface area contributed by atoms with E-state index in [-0.39, 0.29) is 11.9 Å². The zero-order chi connectivity index (χ0) is 13.1. The Morgan fingerprint density at radius 1 is 1.44 bits per heavy atom. The molecule has 0 aliphatic heterocycles. The number of hydrogen-bond acceptors (Lipinski definition) is 3. The van der Waals surface area contributed by atoms with Crippen molar-refractivity contribution in [3.8, 4) is 0 Å². The van der Waals surface area contributed by atoms with Crippen molar-refractivity contribution < 1.29 is 4.79 Å². The summed E-state index contributed by atoms with van der Waals surface area (Å²) in [5.41, 5.74) is 0. The van der Waals surface area contributed by atoms with E-state index in [1.165, 1.54) is 20.7 Å². The molecule has 1 N–H and O–H groups in total. The number of rotatable bonds is 5. The fraction of sp³-hybridized carbons (Fsp3) is 0.462. The fourth-order valence-electron chi connectivity index (χ4n) is 1.86. The van der Waals surface area contributed by atoms with Crippen LogP contribution in [0, 0.1) is 5.92 Å². The van der Waals surface area contributed by atoms with Gasteiger partial charge < -0.3 is 5.32 Å². The highest BCUT2D eigenvalue weighted by molar-refractivity contribution is 7.27. The molecule has 2 heterocycles. The van der Waals surface area contributed by atoms with Crippen LogP contribution in [-0.4, -0.2) is 17.8 Å². The number of hydrogen-bond donors (Lipinski definition) is 1. The second-order valence-electron chi connectivity index (χ2n) is 4.71. The van der Waals surface area contributed by atoms with E-state index < -0.39 is 0 Å². The summed E-state index contributed by atoms with van der Waals surface area (Å²) in [4.78, 5) is 12.9. The Labute approximate surface area is 120 Å². The first-order chi connectivity index (χ1) is 8.60. The van der Waals surface area contributed by atoms with Crippen molar-refractivity contribution in [1.82, 2.24) is 5.32 Å². The molecule has 0 spiro atoms. The molecule has 2 nitrogen and oxygen atoms in total. The van der Waals surface area contributed by atoms with Gasteiger partial charge in [0.15, 0.2) is 0 Å². The van der Waals surface area contributed by atoms with Crippen LogP contribution in [0.15, 0.2) is 17.5 Å². The number of carbonyl (C=O) groups is 1. The maximum absolute atomic E-state index is 12.1. The number of fused-ring (bicyclic) bond motifs is 1. The van der Waals surface area contributed by atoms with E-state index in [1.54, 1.807) is 11.3 Å². The lowest BCUT2D eigenvalue weighted by molar-refractivity contribution is 0.0941. The van der Waals surface area contributed by atoms with Gasteiger partial charge in [-0.05, 0) is 29.9 Å². The highest BCUT2D eigenvalue weighted by atomic mass is 35.5. The van der Waals surface area contributed by atoms with Crippen LogP contribution in [0.25, 0.3) is 9.40 Å². The van der Waals surface area contributed by atoms with E-state index in [0.717, 1.165) is 11.3 Å². The van der Waals surface area contributed by atoms with Gasteiger partial charge in [0.2, 0.25) is 0 Å². The third-order valence-electron chi connectivity index (χ3n) is 2.64. The maximum Gasteiger partial charge on any atom is 0.261 e. The Balaban J connectivity index is 2.04. The molecule has 1 unspecified atom stereocenters. The topological polar surface area (TPSA) is 29.1 Å². The molecule has 1 amide bonds. The van der Waals surface area contributed by atoms with Gasteiger partial charge in [-0.3, -0.25) is 4.79 Å². The first-order valence-corrected chi connectivity index (χ1v) is 8.17. The van der Waals surface area contributed by atoms with E-state index >= 15 is 0 Å². The van der Waals surface area contributed by atoms with E-state index in [0.29, 0.717) is 11.8 Å². The molecule has 2 aromatic rings. The van der Waals surface area contributed by atoms with E-state index in [2.05, 4.69) is 25.2 Å². The molecule has 0 bridgehead atoms. The van der Waals surface area contributed by atoms with E-state index in [1.807, 2.05) is 11.4 Å². The standard InChI is InChI=1S/C13H16ClNOS2/c1-8(2)5-9(7-14)15-13(16)12-6-11-10(18-12)3-4-17-11/h3-4,6,8-9H,5,7H2,1-2H3,(H,15,16). The Hall–Kier alpha value is -0.580. The predicted octanol–water partition coefficient (Wildman–Crippen LogP) is 4.35. The third-order valence-corrected chi connectivity index (χ3v) is 5.11. The summed E-state index contributed by atoms with van der Waals surface area (Å²) in [7, 11) is 0. The summed E-state index contributed by atoms with van der Waals surface area (Å²) in [5, 5.41) is 5.05. The van der Waals surface area contributed by atoms with Crippen molar-refractivity contribution in [2.75, 3.05) is 5.88 Å². The van der Waals surface area contributed by atoms with Crippen LogP contribution in [0.3, 0.4) is 0 Å². The first kappa shape index (κ1) is 13.8. The van der Waals surface area contributed by atoms with Gasteiger partial charge in [0.05, 0.1) is 4.88 Å². The lowest BCUT2D eigenvalue weighted by Gasteiger charge is -2.17. The summed E-state index contributed by atoms with van der Waals surface area (Å²) in [6, 6.07) is 4.06. The van der Waals surface area contributed by atoms with Gasteiger partial charge in [0.25, 0.3) is 5.91 Å². The van der Waals surface area contributed by atoms with E-state index in [9.17, 15) is 4.79 Å². The average molecular weight is 302 g/mol. The van der Waals surface area contributed by atoms with Crippen LogP contribution in [-0.2, 0) is 0 Å². The Kier molecular flexibility index (Phi) is 4.65. The lowest BCUT2D eigenvalue weighted by atomic mass is 10.1. The van der Waals surface area contributed by atoms with Crippen LogP contribution in [0.1, 0.15) is 29.9 Å². The molecule has 0 saturated carbocycles. The zero-order valence-electron chi connectivity index (χ0n) is 10.4. The third kappa shape index (κ3) is 3.25. The minimum Gasteiger partial charge on any atom is -0.347 e. The van der Waals surface area contributed by atoms with Gasteiger partial charge in [-0.1, -0.05) is 13.8 Å². The smallest absolute Gasteiger partial charge is 0.261 e. The molecule has 0 radical (unpaired) electrons. The van der Waals surface area contributed by atoms with Crippen molar-refractivity contribution >= 4 is 49.6 Å². The Morgan fingerprint density at radius 3 is 2.83 bits per heavy atom. The number of nitrogens with one attached hydrogen (secondary N) is 1. The van der Waals surface area contributed by atoms with E-state index in [4.69, 9.17) is 11.6 Å². The van der Waals surface area contributed by atoms with Gasteiger partial charge in [-0.15, -0.1) is 34.3 Å². The Morgan fingerprint density at radius 2 is 2.22 bits per heavy atom. The number of alkyl halides is 1. The zero-order valence-corrected chi connectivity index (χ0v) is 12.8. The summed E-state index contributed by atoms with van der Waals surface area (Å²) in [6.45, 7) is 4.26. The lowest BCUT2D eigenvalue weighted by Crippen LogP contribution is -2.36. The quantitative estimate of drug-likeness (QED) is 0.818. The van der Waals surface area contributed by atoms with Crippen molar-refractivity contribution in [3.63, 3.8) is 0 Å². The summed E-state index contributed by atoms with van der Waals surface area (Å²) >= 11 is 9.10. The monoisotopic (exact) mass is 301 g/mol. The van der Waals surface area contributed by atoms with Crippen LogP contribution >= 0.6 is 34.3 Å². The Bertz CT molecular complexity index is 503. The van der Waals surface area contributed by atoms with Crippen molar-refractivity contribution in [2.24, 2.45) is 5.92 Å². The number of halogens is 1. The van der Waals surface area contributed by atoms with Crippen molar-refractivity contribution in [3.05, 3.63) is 22.4 Å². The van der Waals surface area contributed by atoms with Crippen molar-refractivity contribution in [2.45, 2.75) is 26.3 Å². The first-order valence-electron chi connectivity index (χ1n) is 5.94. The van der Waals surface area contributed by atoms with Gasteiger partial charge in [0.1, 0.15) is 0 Å². The molecule has 0 saturated heterocycles. The molecule has 0 aliphatic carbocycles. The highest BCUT2D eigenvalue weighted by Crippen LogP contribution is 2.29. The molecule has 0 fully saturated rings. The molecule has 98 valence electrons. The molecule has 0 aliphatic rings. The molecular weight excluding hydrogens is 286 g/mol. The summed E-state index contributed by atoms with van der Waals surface area (Å²) in [5.74, 6) is 0.986. The maximum atomic E-state index is 12.1. The molecule has 5 heteroatoms. The van der Waals surface area contributed by atoms with Gasteiger partial charge in [-0.2, -0.15) is 0 Å². The van der Waals surface area contributed by atoms with Crippen LogP contribution in [0.2, 0.25) is 0 Å². The van der Waals surface area contributed by atoms with Gasteiger partial charge in [-0.25, -0.2) is 0 Å². The molecule has 2 aromatic heterocycles. The number of carbonyl (C=O) groups excluding carboxylic acids is 1. The van der Waals surface area contributed by atoms with Crippen LogP contribution in [0.5, 0.6) is 0 Å². The van der Waals surface area contributed by atoms with Gasteiger partial charge in [0, 0.05) is 21.3 Å². The molecule has 2 rings (SSSR count). The highest BCUT2D eigenvalue weighted by Gasteiger charge is 2.16. The predicted molar refractivity (Wildman–Crippen MR) is 81.1 cm³/mol. The molecule has 1 atom stereocenters. The largest absolute Gasteiger partial charge is 0.347 e. The van der Waals surface area contributed by atoms with Gasteiger partial charge >= 0.3 is 0 Å². The normalized spacial score (nSPS) is 13.1. The molecular formula is C13H16ClNOS2. The number of amides is 1. The minimum absolute atomic E-state index is 0.00491. The summed E-state index contributed by atoms with van der Waals surface area (Å²) in [6.07, 6.45) is 0.912. The van der Waals surface area contributed by atoms with Crippen LogP contribution in [0.4, 0.5) is 0 Å². The average Bonchev–Trinajstić information content (AvgIpc) is 2.87. The molecule has 18 heavy (non-hydrogen) atoms. The second kappa shape index (κ2) is 6.04.